The van der Waals surface area contributed by atoms with Crippen molar-refractivity contribution in [3.05, 3.63) is 53.9 Å². The van der Waals surface area contributed by atoms with Crippen LogP contribution >= 0.6 is 0 Å². The zero-order valence-electron chi connectivity index (χ0n) is 21.0. The number of ether oxygens (including phenoxy) is 1. The molecule has 0 amide bonds. The molecular formula is C31H45FO. The van der Waals surface area contributed by atoms with Gasteiger partial charge in [-0.3, -0.25) is 0 Å². The van der Waals surface area contributed by atoms with Gasteiger partial charge in [0.15, 0.2) is 0 Å². The molecule has 33 heavy (non-hydrogen) atoms. The smallest absolute Gasteiger partial charge is 0.130 e. The summed E-state index contributed by atoms with van der Waals surface area (Å²) in [4.78, 5) is 0. The van der Waals surface area contributed by atoms with Gasteiger partial charge in [0.2, 0.25) is 0 Å². The van der Waals surface area contributed by atoms with Crippen molar-refractivity contribution >= 4 is 0 Å². The Morgan fingerprint density at radius 2 is 1.48 bits per heavy atom. The Balaban J connectivity index is 1.25. The van der Waals surface area contributed by atoms with Crippen LogP contribution in [-0.2, 0) is 0 Å². The van der Waals surface area contributed by atoms with Gasteiger partial charge in [0.1, 0.15) is 18.2 Å². The molecule has 0 aromatic heterocycles. The van der Waals surface area contributed by atoms with Gasteiger partial charge in [-0.1, -0.05) is 43.2 Å². The topological polar surface area (TPSA) is 9.23 Å². The van der Waals surface area contributed by atoms with E-state index in [1.54, 1.807) is 6.07 Å². The standard InChI is InChI=1S/C31H45FO/c1-3-5-7-8-23-9-11-24(12-10-23)25-13-14-27-21-28(16-15-26(27)20-25)30-18-17-29(22-31(30)32)33-19-6-4-2/h3-6,17-18,22-28H,7-16,19-21H2,1-2H3/b5-3+,6-4+. The maximum Gasteiger partial charge on any atom is 0.130 e. The van der Waals surface area contributed by atoms with Crippen LogP contribution in [0, 0.1) is 35.4 Å². The van der Waals surface area contributed by atoms with Crippen LogP contribution in [0.1, 0.15) is 102 Å². The van der Waals surface area contributed by atoms with Crippen LogP contribution in [0.5, 0.6) is 5.75 Å². The van der Waals surface area contributed by atoms with E-state index in [1.165, 1.54) is 70.6 Å². The van der Waals surface area contributed by atoms with Crippen LogP contribution in [-0.4, -0.2) is 6.61 Å². The molecule has 1 aromatic rings. The maximum absolute atomic E-state index is 14.9. The number of fused-ring (bicyclic) bond motifs is 1. The minimum Gasteiger partial charge on any atom is -0.489 e. The number of rotatable bonds is 8. The zero-order chi connectivity index (χ0) is 23.0. The monoisotopic (exact) mass is 452 g/mol. The van der Waals surface area contributed by atoms with E-state index in [-0.39, 0.29) is 5.82 Å². The summed E-state index contributed by atoms with van der Waals surface area (Å²) < 4.78 is 20.5. The van der Waals surface area contributed by atoms with Crippen molar-refractivity contribution in [1.29, 1.82) is 0 Å². The Morgan fingerprint density at radius 1 is 0.818 bits per heavy atom. The normalized spacial score (nSPS) is 32.8. The van der Waals surface area contributed by atoms with Gasteiger partial charge < -0.3 is 4.74 Å². The number of halogens is 1. The third kappa shape index (κ3) is 6.52. The number of hydrogen-bond acceptors (Lipinski definition) is 1. The summed E-state index contributed by atoms with van der Waals surface area (Å²) in [6.45, 7) is 4.60. The van der Waals surface area contributed by atoms with Gasteiger partial charge in [0.25, 0.3) is 0 Å². The summed E-state index contributed by atoms with van der Waals surface area (Å²) in [5.74, 6) is 5.57. The zero-order valence-corrected chi connectivity index (χ0v) is 21.0. The fourth-order valence-electron chi connectivity index (χ4n) is 7.25. The first-order valence-corrected chi connectivity index (χ1v) is 13.8. The summed E-state index contributed by atoms with van der Waals surface area (Å²) in [6.07, 6.45) is 24.8. The SMILES string of the molecule is C/C=C/CCC1CCC(C2CCC3CC(c4ccc(OC/C=C/C)cc4F)CCC3C2)CC1. The van der Waals surface area contributed by atoms with E-state index >= 15 is 0 Å². The Hall–Kier alpha value is -1.57. The van der Waals surface area contributed by atoms with Crippen molar-refractivity contribution in [3.8, 4) is 5.75 Å². The Morgan fingerprint density at radius 3 is 2.21 bits per heavy atom. The van der Waals surface area contributed by atoms with Gasteiger partial charge in [-0.05, 0) is 125 Å². The first-order chi connectivity index (χ1) is 16.2. The lowest BCUT2D eigenvalue weighted by Crippen LogP contribution is -2.34. The van der Waals surface area contributed by atoms with E-state index in [0.717, 1.165) is 41.6 Å². The molecule has 3 fully saturated rings. The first kappa shape index (κ1) is 24.6. The molecule has 0 saturated heterocycles. The second-order valence-electron chi connectivity index (χ2n) is 11.1. The van der Waals surface area contributed by atoms with Gasteiger partial charge >= 0.3 is 0 Å². The van der Waals surface area contributed by atoms with Crippen LogP contribution < -0.4 is 4.74 Å². The summed E-state index contributed by atoms with van der Waals surface area (Å²) in [5, 5.41) is 0. The van der Waals surface area contributed by atoms with Crippen molar-refractivity contribution in [2.45, 2.75) is 96.8 Å². The second-order valence-corrected chi connectivity index (χ2v) is 11.1. The first-order valence-electron chi connectivity index (χ1n) is 13.8. The van der Waals surface area contributed by atoms with E-state index in [9.17, 15) is 4.39 Å². The Kier molecular flexibility index (Phi) is 9.10. The molecule has 0 N–H and O–H groups in total. The molecule has 0 radical (unpaired) electrons. The van der Waals surface area contributed by atoms with Crippen LogP contribution in [0.3, 0.4) is 0 Å². The van der Waals surface area contributed by atoms with Gasteiger partial charge in [-0.2, -0.15) is 0 Å². The summed E-state index contributed by atoms with van der Waals surface area (Å²) in [5.41, 5.74) is 0.921. The van der Waals surface area contributed by atoms with Gasteiger partial charge in [-0.25, -0.2) is 4.39 Å². The van der Waals surface area contributed by atoms with Crippen LogP contribution in [0.2, 0.25) is 0 Å². The van der Waals surface area contributed by atoms with Crippen molar-refractivity contribution in [2.24, 2.45) is 29.6 Å². The fraction of sp³-hybridized carbons (Fsp3) is 0.677. The fourth-order valence-corrected chi connectivity index (χ4v) is 7.25. The third-order valence-electron chi connectivity index (χ3n) is 9.18. The Labute approximate surface area is 201 Å². The van der Waals surface area contributed by atoms with E-state index in [4.69, 9.17) is 4.74 Å². The summed E-state index contributed by atoms with van der Waals surface area (Å²) >= 11 is 0. The highest BCUT2D eigenvalue weighted by Crippen LogP contribution is 2.51. The number of hydrogen-bond donors (Lipinski definition) is 0. The molecule has 3 saturated carbocycles. The third-order valence-corrected chi connectivity index (χ3v) is 9.18. The molecule has 0 heterocycles. The molecule has 0 spiro atoms. The van der Waals surface area contributed by atoms with Crippen LogP contribution in [0.4, 0.5) is 4.39 Å². The summed E-state index contributed by atoms with van der Waals surface area (Å²) in [7, 11) is 0. The molecule has 1 aromatic carbocycles. The van der Waals surface area contributed by atoms with Crippen molar-refractivity contribution in [3.63, 3.8) is 0 Å². The molecule has 4 atom stereocenters. The van der Waals surface area contributed by atoms with Gasteiger partial charge in [0.05, 0.1) is 0 Å². The molecule has 182 valence electrons. The number of allylic oxidation sites excluding steroid dienone is 3. The number of benzene rings is 1. The molecule has 0 aliphatic heterocycles. The molecular weight excluding hydrogens is 407 g/mol. The molecule has 1 nitrogen and oxygen atoms in total. The molecule has 2 heteroatoms. The van der Waals surface area contributed by atoms with E-state index in [2.05, 4.69) is 19.1 Å². The van der Waals surface area contributed by atoms with E-state index in [0.29, 0.717) is 18.3 Å². The lowest BCUT2D eigenvalue weighted by atomic mass is 9.60. The highest BCUT2D eigenvalue weighted by atomic mass is 19.1. The van der Waals surface area contributed by atoms with Crippen molar-refractivity contribution in [2.75, 3.05) is 6.61 Å². The highest BCUT2D eigenvalue weighted by Gasteiger charge is 2.39. The average molecular weight is 453 g/mol. The van der Waals surface area contributed by atoms with Gasteiger partial charge in [-0.15, -0.1) is 0 Å². The predicted molar refractivity (Wildman–Crippen MR) is 137 cm³/mol. The average Bonchev–Trinajstić information content (AvgIpc) is 2.84. The van der Waals surface area contributed by atoms with Crippen molar-refractivity contribution < 1.29 is 9.13 Å². The van der Waals surface area contributed by atoms with E-state index < -0.39 is 0 Å². The largest absolute Gasteiger partial charge is 0.489 e. The molecule has 3 aliphatic carbocycles. The molecule has 4 rings (SSSR count). The van der Waals surface area contributed by atoms with Crippen LogP contribution in [0.15, 0.2) is 42.5 Å². The Bertz CT molecular complexity index is 788. The summed E-state index contributed by atoms with van der Waals surface area (Å²) in [6, 6.07) is 5.54. The van der Waals surface area contributed by atoms with Crippen molar-refractivity contribution in [1.82, 2.24) is 0 Å². The minimum absolute atomic E-state index is 0.0729. The maximum atomic E-state index is 14.9. The quantitative estimate of drug-likeness (QED) is 0.357. The lowest BCUT2D eigenvalue weighted by Gasteiger charge is -2.45. The predicted octanol–water partition coefficient (Wildman–Crippen LogP) is 9.24. The second kappa shape index (κ2) is 12.2. The highest BCUT2D eigenvalue weighted by molar-refractivity contribution is 5.31. The van der Waals surface area contributed by atoms with Gasteiger partial charge in [0, 0.05) is 6.07 Å². The molecule has 3 aliphatic rings. The minimum atomic E-state index is -0.0729. The van der Waals surface area contributed by atoms with Crippen LogP contribution in [0.25, 0.3) is 0 Å². The lowest BCUT2D eigenvalue weighted by molar-refractivity contribution is 0.0709. The van der Waals surface area contributed by atoms with E-state index in [1.807, 2.05) is 31.2 Å². The molecule has 0 bridgehead atoms. The molecule has 4 unspecified atom stereocenters.